The molecule has 0 bridgehead atoms. The lowest BCUT2D eigenvalue weighted by atomic mass is 9.84. The molecule has 2 heterocycles. The monoisotopic (exact) mass is 334 g/mol. The summed E-state index contributed by atoms with van der Waals surface area (Å²) in [6, 6.07) is 6.68. The van der Waals surface area contributed by atoms with Crippen molar-refractivity contribution >= 4 is 6.09 Å². The van der Waals surface area contributed by atoms with Crippen LogP contribution in [0.2, 0.25) is 0 Å². The van der Waals surface area contributed by atoms with E-state index < -0.39 is 5.60 Å². The Morgan fingerprint density at radius 1 is 1.38 bits per heavy atom. The minimum absolute atomic E-state index is 0.102. The predicted octanol–water partition coefficient (Wildman–Crippen LogP) is 3.36. The first-order valence-electron chi connectivity index (χ1n) is 8.71. The van der Waals surface area contributed by atoms with Crippen LogP contribution in [0.3, 0.4) is 0 Å². The normalized spacial score (nSPS) is 27.0. The van der Waals surface area contributed by atoms with E-state index in [0.29, 0.717) is 0 Å². The van der Waals surface area contributed by atoms with E-state index in [4.69, 9.17) is 4.74 Å². The number of hydrogen-bond donors (Lipinski definition) is 1. The molecule has 2 atom stereocenters. The highest BCUT2D eigenvalue weighted by molar-refractivity contribution is 5.69. The van der Waals surface area contributed by atoms with Crippen molar-refractivity contribution in [3.8, 4) is 0 Å². The number of carbonyl (C=O) groups excluding carboxylic acids is 1. The van der Waals surface area contributed by atoms with E-state index in [0.717, 1.165) is 44.5 Å². The molecule has 0 saturated carbocycles. The second kappa shape index (κ2) is 6.36. The lowest BCUT2D eigenvalue weighted by molar-refractivity contribution is 0.0213. The Morgan fingerprint density at radius 3 is 2.67 bits per heavy atom. The van der Waals surface area contributed by atoms with Crippen molar-refractivity contribution in [3.05, 3.63) is 35.6 Å². The van der Waals surface area contributed by atoms with Gasteiger partial charge in [0.15, 0.2) is 0 Å². The first kappa shape index (κ1) is 17.2. The number of nitrogens with one attached hydrogen (secondary N) is 1. The summed E-state index contributed by atoms with van der Waals surface area (Å²) in [5, 5.41) is 3.43. The van der Waals surface area contributed by atoms with Crippen molar-refractivity contribution < 1.29 is 13.9 Å². The molecular weight excluding hydrogens is 307 g/mol. The molecule has 0 aromatic heterocycles. The SMILES string of the molecule is CC(C)(C)OC(=O)N1CC2(CCNC2)CC1Cc1ccc(F)cc1. The smallest absolute Gasteiger partial charge is 0.410 e. The maximum atomic E-state index is 13.1. The highest BCUT2D eigenvalue weighted by Crippen LogP contribution is 2.41. The van der Waals surface area contributed by atoms with E-state index in [1.165, 1.54) is 12.1 Å². The standard InChI is InChI=1S/C19H27FN2O2/c1-18(2,3)24-17(23)22-13-19(8-9-21-12-19)11-16(22)10-14-4-6-15(20)7-5-14/h4-7,16,21H,8-13H2,1-3H3. The molecule has 2 aliphatic heterocycles. The van der Waals surface area contributed by atoms with E-state index in [2.05, 4.69) is 5.32 Å². The molecule has 2 fully saturated rings. The number of amides is 1. The zero-order chi connectivity index (χ0) is 17.4. The number of benzene rings is 1. The second-order valence-corrected chi connectivity index (χ2v) is 8.22. The summed E-state index contributed by atoms with van der Waals surface area (Å²) in [5.74, 6) is -0.231. The average Bonchev–Trinajstić information content (AvgIpc) is 3.08. The van der Waals surface area contributed by atoms with Crippen LogP contribution in [-0.4, -0.2) is 42.3 Å². The Kier molecular flexibility index (Phi) is 4.56. The van der Waals surface area contributed by atoms with Crippen molar-refractivity contribution in [2.24, 2.45) is 5.41 Å². The largest absolute Gasteiger partial charge is 0.444 e. The fourth-order valence-corrected chi connectivity index (χ4v) is 3.88. The molecule has 1 spiro atoms. The van der Waals surface area contributed by atoms with Crippen molar-refractivity contribution in [3.63, 3.8) is 0 Å². The van der Waals surface area contributed by atoms with Crippen molar-refractivity contribution in [1.29, 1.82) is 0 Å². The zero-order valence-electron chi connectivity index (χ0n) is 14.8. The Hall–Kier alpha value is -1.62. The molecule has 1 aromatic carbocycles. The third-order valence-electron chi connectivity index (χ3n) is 4.96. The van der Waals surface area contributed by atoms with Crippen LogP contribution in [0.25, 0.3) is 0 Å². The summed E-state index contributed by atoms with van der Waals surface area (Å²) < 4.78 is 18.8. The van der Waals surface area contributed by atoms with Gasteiger partial charge < -0.3 is 15.0 Å². The molecule has 2 aliphatic rings. The van der Waals surface area contributed by atoms with Crippen LogP contribution in [0.1, 0.15) is 39.2 Å². The summed E-state index contributed by atoms with van der Waals surface area (Å²) in [6.07, 6.45) is 2.56. The molecule has 2 unspecified atom stereocenters. The molecule has 1 N–H and O–H groups in total. The summed E-state index contributed by atoms with van der Waals surface area (Å²) >= 11 is 0. The number of ether oxygens (including phenoxy) is 1. The van der Waals surface area contributed by atoms with Gasteiger partial charge in [-0.25, -0.2) is 9.18 Å². The minimum Gasteiger partial charge on any atom is -0.444 e. The number of halogens is 1. The van der Waals surface area contributed by atoms with E-state index in [-0.39, 0.29) is 23.4 Å². The number of nitrogens with zero attached hydrogens (tertiary/aromatic N) is 1. The maximum absolute atomic E-state index is 13.1. The predicted molar refractivity (Wildman–Crippen MR) is 91.4 cm³/mol. The average molecular weight is 334 g/mol. The number of rotatable bonds is 2. The Bertz CT molecular complexity index is 588. The molecule has 5 heteroatoms. The van der Waals surface area contributed by atoms with E-state index >= 15 is 0 Å². The maximum Gasteiger partial charge on any atom is 0.410 e. The lowest BCUT2D eigenvalue weighted by Gasteiger charge is -2.29. The second-order valence-electron chi connectivity index (χ2n) is 8.22. The third kappa shape index (κ3) is 3.89. The molecule has 0 radical (unpaired) electrons. The van der Waals surface area contributed by atoms with Gasteiger partial charge in [0.05, 0.1) is 0 Å². The molecule has 24 heavy (non-hydrogen) atoms. The first-order valence-corrected chi connectivity index (χ1v) is 8.71. The minimum atomic E-state index is -0.499. The molecule has 2 saturated heterocycles. The fourth-order valence-electron chi connectivity index (χ4n) is 3.88. The van der Waals surface area contributed by atoms with E-state index in [1.54, 1.807) is 12.1 Å². The summed E-state index contributed by atoms with van der Waals surface area (Å²) in [5.41, 5.74) is 0.709. The van der Waals surface area contributed by atoms with Crippen LogP contribution in [-0.2, 0) is 11.2 Å². The highest BCUT2D eigenvalue weighted by atomic mass is 19.1. The van der Waals surface area contributed by atoms with Crippen LogP contribution < -0.4 is 5.32 Å². The lowest BCUT2D eigenvalue weighted by Crippen LogP contribution is -2.41. The Labute approximate surface area is 143 Å². The number of hydrogen-bond acceptors (Lipinski definition) is 3. The van der Waals surface area contributed by atoms with E-state index in [9.17, 15) is 9.18 Å². The van der Waals surface area contributed by atoms with Crippen LogP contribution in [0.15, 0.2) is 24.3 Å². The van der Waals surface area contributed by atoms with Gasteiger partial charge in [-0.3, -0.25) is 0 Å². The molecular formula is C19H27FN2O2. The Morgan fingerprint density at radius 2 is 2.08 bits per heavy atom. The quantitative estimate of drug-likeness (QED) is 0.902. The summed E-state index contributed by atoms with van der Waals surface area (Å²) in [6.45, 7) is 8.37. The van der Waals surface area contributed by atoms with Crippen LogP contribution in [0.4, 0.5) is 9.18 Å². The topological polar surface area (TPSA) is 41.6 Å². The van der Waals surface area contributed by atoms with Gasteiger partial charge in [-0.1, -0.05) is 12.1 Å². The van der Waals surface area contributed by atoms with Gasteiger partial charge in [-0.05, 0) is 64.3 Å². The van der Waals surface area contributed by atoms with Crippen molar-refractivity contribution in [1.82, 2.24) is 10.2 Å². The van der Waals surface area contributed by atoms with Gasteiger partial charge in [-0.15, -0.1) is 0 Å². The number of likely N-dealkylation sites (tertiary alicyclic amines) is 1. The molecule has 4 nitrogen and oxygen atoms in total. The molecule has 3 rings (SSSR count). The van der Waals surface area contributed by atoms with Crippen LogP contribution in [0.5, 0.6) is 0 Å². The van der Waals surface area contributed by atoms with Gasteiger partial charge >= 0.3 is 6.09 Å². The molecule has 132 valence electrons. The molecule has 0 aliphatic carbocycles. The van der Waals surface area contributed by atoms with Gasteiger partial charge in [0.1, 0.15) is 11.4 Å². The third-order valence-corrected chi connectivity index (χ3v) is 4.96. The molecule has 1 aromatic rings. The fraction of sp³-hybridized carbons (Fsp3) is 0.632. The van der Waals surface area contributed by atoms with Gasteiger partial charge in [0.25, 0.3) is 0 Å². The van der Waals surface area contributed by atoms with Crippen molar-refractivity contribution in [2.75, 3.05) is 19.6 Å². The summed E-state index contributed by atoms with van der Waals surface area (Å²) in [4.78, 5) is 14.6. The van der Waals surface area contributed by atoms with Crippen LogP contribution in [0, 0.1) is 11.2 Å². The van der Waals surface area contributed by atoms with Crippen LogP contribution >= 0.6 is 0 Å². The highest BCUT2D eigenvalue weighted by Gasteiger charge is 2.48. The van der Waals surface area contributed by atoms with Gasteiger partial charge in [0, 0.05) is 24.5 Å². The zero-order valence-corrected chi connectivity index (χ0v) is 14.8. The summed E-state index contributed by atoms with van der Waals surface area (Å²) in [7, 11) is 0. The van der Waals surface area contributed by atoms with E-state index in [1.807, 2.05) is 25.7 Å². The molecule has 1 amide bonds. The number of carbonyl (C=O) groups is 1. The van der Waals surface area contributed by atoms with Gasteiger partial charge in [0.2, 0.25) is 0 Å². The first-order chi connectivity index (χ1) is 11.3. The Balaban J connectivity index is 1.77. The van der Waals surface area contributed by atoms with Crippen molar-refractivity contribution in [2.45, 2.75) is 51.7 Å². The van der Waals surface area contributed by atoms with Gasteiger partial charge in [-0.2, -0.15) is 0 Å².